The molecule has 5 heteroatoms. The Morgan fingerprint density at radius 3 is 2.48 bits per heavy atom. The van der Waals surface area contributed by atoms with Gasteiger partial charge >= 0.3 is 0 Å². The summed E-state index contributed by atoms with van der Waals surface area (Å²) in [5.74, 6) is -0.247. The van der Waals surface area contributed by atoms with Gasteiger partial charge in [-0.15, -0.1) is 0 Å². The van der Waals surface area contributed by atoms with E-state index in [4.69, 9.17) is 4.74 Å². The Balaban J connectivity index is 2.09. The molecule has 0 saturated heterocycles. The van der Waals surface area contributed by atoms with Gasteiger partial charge in [0, 0.05) is 12.1 Å². The van der Waals surface area contributed by atoms with Crippen molar-refractivity contribution < 1.29 is 19.4 Å². The fourth-order valence-electron chi connectivity index (χ4n) is 3.40. The van der Waals surface area contributed by atoms with Gasteiger partial charge in [0.2, 0.25) is 0 Å². The zero-order valence-corrected chi connectivity index (χ0v) is 17.3. The fraction of sp³-hybridized carbons (Fsp3) is 0.333. The lowest BCUT2D eigenvalue weighted by Gasteiger charge is -2.27. The number of anilines is 1. The van der Waals surface area contributed by atoms with Gasteiger partial charge in [0.15, 0.2) is 11.5 Å². The molecule has 1 atom stereocenters. The molecule has 1 N–H and O–H groups in total. The number of aryl methyl sites for hydroxylation is 1. The number of amides is 1. The van der Waals surface area contributed by atoms with E-state index in [9.17, 15) is 14.7 Å². The summed E-state index contributed by atoms with van der Waals surface area (Å²) in [6, 6.07) is 14.1. The second-order valence-electron chi connectivity index (χ2n) is 7.73. The minimum atomic E-state index is -0.694. The first-order valence-electron chi connectivity index (χ1n) is 9.92. The summed E-state index contributed by atoms with van der Waals surface area (Å²) in [4.78, 5) is 27.1. The maximum atomic E-state index is 12.9. The smallest absolute Gasteiger partial charge is 0.294 e. The first-order chi connectivity index (χ1) is 13.8. The van der Waals surface area contributed by atoms with Crippen molar-refractivity contribution in [3.8, 4) is 5.75 Å². The number of nitrogens with zero attached hydrogens (tertiary/aromatic N) is 1. The molecule has 0 spiro atoms. The Kier molecular flexibility index (Phi) is 6.06. The molecule has 3 rings (SSSR count). The number of aliphatic hydroxyl groups is 1. The van der Waals surface area contributed by atoms with E-state index in [0.29, 0.717) is 24.0 Å². The third kappa shape index (κ3) is 4.19. The van der Waals surface area contributed by atoms with Gasteiger partial charge in [0.05, 0.1) is 18.2 Å². The molecule has 1 aliphatic heterocycles. The van der Waals surface area contributed by atoms with Crippen molar-refractivity contribution in [3.05, 3.63) is 71.0 Å². The van der Waals surface area contributed by atoms with Crippen molar-refractivity contribution in [1.29, 1.82) is 0 Å². The molecule has 2 aromatic rings. The average Bonchev–Trinajstić information content (AvgIpc) is 2.98. The molecule has 0 fully saturated rings. The first-order valence-corrected chi connectivity index (χ1v) is 9.92. The molecule has 1 amide bonds. The number of carbonyl (C=O) groups is 2. The molecule has 1 unspecified atom stereocenters. The SMILES string of the molecule is CCC(=O)C1=C(O)C(=O)N(c2ccc(C)cc2)C1c1cccc(OCC(C)C)c1. The minimum Gasteiger partial charge on any atom is -0.503 e. The maximum Gasteiger partial charge on any atom is 0.294 e. The van der Waals surface area contributed by atoms with Crippen LogP contribution >= 0.6 is 0 Å². The molecule has 5 nitrogen and oxygen atoms in total. The predicted molar refractivity (Wildman–Crippen MR) is 113 cm³/mol. The van der Waals surface area contributed by atoms with E-state index >= 15 is 0 Å². The van der Waals surface area contributed by atoms with Crippen LogP contribution in [-0.4, -0.2) is 23.4 Å². The molecule has 1 heterocycles. The molecule has 0 saturated carbocycles. The third-order valence-electron chi connectivity index (χ3n) is 4.90. The van der Waals surface area contributed by atoms with Crippen molar-refractivity contribution in [1.82, 2.24) is 0 Å². The molecule has 29 heavy (non-hydrogen) atoms. The minimum absolute atomic E-state index is 0.138. The van der Waals surface area contributed by atoms with Crippen LogP contribution in [0.2, 0.25) is 0 Å². The topological polar surface area (TPSA) is 66.8 Å². The van der Waals surface area contributed by atoms with Crippen molar-refractivity contribution in [2.24, 2.45) is 5.92 Å². The highest BCUT2D eigenvalue weighted by molar-refractivity contribution is 6.16. The van der Waals surface area contributed by atoms with Crippen LogP contribution in [0.5, 0.6) is 5.75 Å². The molecule has 0 aliphatic carbocycles. The Labute approximate surface area is 171 Å². The lowest BCUT2D eigenvalue weighted by atomic mass is 9.94. The molecule has 0 aromatic heterocycles. The number of hydrogen-bond acceptors (Lipinski definition) is 4. The van der Waals surface area contributed by atoms with Gasteiger partial charge in [0.25, 0.3) is 5.91 Å². The normalized spacial score (nSPS) is 16.7. The van der Waals surface area contributed by atoms with E-state index in [1.54, 1.807) is 6.92 Å². The van der Waals surface area contributed by atoms with E-state index in [0.717, 1.165) is 11.1 Å². The van der Waals surface area contributed by atoms with Crippen molar-refractivity contribution in [2.75, 3.05) is 11.5 Å². The number of carbonyl (C=O) groups excluding carboxylic acids is 2. The summed E-state index contributed by atoms with van der Waals surface area (Å²) in [6.07, 6.45) is 0.203. The number of ether oxygens (including phenoxy) is 1. The Bertz CT molecular complexity index is 944. The molecule has 1 aliphatic rings. The summed E-state index contributed by atoms with van der Waals surface area (Å²) >= 11 is 0. The molecular weight excluding hydrogens is 366 g/mol. The van der Waals surface area contributed by atoms with Crippen LogP contribution in [0.4, 0.5) is 5.69 Å². The largest absolute Gasteiger partial charge is 0.503 e. The number of aliphatic hydroxyl groups excluding tert-OH is 1. The monoisotopic (exact) mass is 393 g/mol. The van der Waals surface area contributed by atoms with Gasteiger partial charge in [0.1, 0.15) is 5.75 Å². The van der Waals surface area contributed by atoms with Crippen LogP contribution in [0, 0.1) is 12.8 Å². The maximum absolute atomic E-state index is 12.9. The van der Waals surface area contributed by atoms with Gasteiger partial charge in [-0.2, -0.15) is 0 Å². The summed E-state index contributed by atoms with van der Waals surface area (Å²) in [5.41, 5.74) is 2.55. The fourth-order valence-corrected chi connectivity index (χ4v) is 3.40. The summed E-state index contributed by atoms with van der Waals surface area (Å²) in [5, 5.41) is 10.6. The Morgan fingerprint density at radius 2 is 1.86 bits per heavy atom. The summed E-state index contributed by atoms with van der Waals surface area (Å²) in [6.45, 7) is 8.39. The first kappa shape index (κ1) is 20.6. The third-order valence-corrected chi connectivity index (χ3v) is 4.90. The van der Waals surface area contributed by atoms with Gasteiger partial charge in [-0.25, -0.2) is 0 Å². The van der Waals surface area contributed by atoms with E-state index in [1.165, 1.54) is 4.90 Å². The standard InChI is InChI=1S/C24H27NO4/c1-5-20(26)21-22(17-7-6-8-19(13-17)29-14-15(2)3)25(24(28)23(21)27)18-11-9-16(4)10-12-18/h6-13,15,22,27H,5,14H2,1-4H3. The van der Waals surface area contributed by atoms with Crippen LogP contribution in [0.25, 0.3) is 0 Å². The van der Waals surface area contributed by atoms with Crippen LogP contribution in [-0.2, 0) is 9.59 Å². The van der Waals surface area contributed by atoms with Crippen molar-refractivity contribution >= 4 is 17.4 Å². The summed E-state index contributed by atoms with van der Waals surface area (Å²) < 4.78 is 5.83. The van der Waals surface area contributed by atoms with Crippen LogP contribution < -0.4 is 9.64 Å². The highest BCUT2D eigenvalue weighted by atomic mass is 16.5. The van der Waals surface area contributed by atoms with Crippen molar-refractivity contribution in [2.45, 2.75) is 40.2 Å². The van der Waals surface area contributed by atoms with E-state index in [-0.39, 0.29) is 17.8 Å². The number of benzene rings is 2. The number of Topliss-reactive ketones (excluding diaryl/α,β-unsaturated/α-hetero) is 1. The van der Waals surface area contributed by atoms with Gasteiger partial charge < -0.3 is 9.84 Å². The van der Waals surface area contributed by atoms with E-state index in [2.05, 4.69) is 13.8 Å². The van der Waals surface area contributed by atoms with Crippen LogP contribution in [0.1, 0.15) is 44.4 Å². The Morgan fingerprint density at radius 1 is 1.17 bits per heavy atom. The van der Waals surface area contributed by atoms with Crippen LogP contribution in [0.15, 0.2) is 59.9 Å². The summed E-state index contributed by atoms with van der Waals surface area (Å²) in [7, 11) is 0. The number of hydrogen-bond donors (Lipinski definition) is 1. The predicted octanol–water partition coefficient (Wildman–Crippen LogP) is 4.91. The molecule has 0 radical (unpaired) electrons. The molecule has 0 bridgehead atoms. The second kappa shape index (κ2) is 8.52. The van der Waals surface area contributed by atoms with Gasteiger partial charge in [-0.05, 0) is 42.7 Å². The highest BCUT2D eigenvalue weighted by Crippen LogP contribution is 2.42. The van der Waals surface area contributed by atoms with Crippen LogP contribution in [0.3, 0.4) is 0 Å². The van der Waals surface area contributed by atoms with Crippen molar-refractivity contribution in [3.63, 3.8) is 0 Å². The quantitative estimate of drug-likeness (QED) is 0.726. The lowest BCUT2D eigenvalue weighted by Crippen LogP contribution is -2.31. The zero-order chi connectivity index (χ0) is 21.1. The number of ketones is 1. The zero-order valence-electron chi connectivity index (χ0n) is 17.3. The lowest BCUT2D eigenvalue weighted by molar-refractivity contribution is -0.118. The Hall–Kier alpha value is -3.08. The van der Waals surface area contributed by atoms with Gasteiger partial charge in [-0.3, -0.25) is 14.5 Å². The number of rotatable bonds is 7. The van der Waals surface area contributed by atoms with E-state index in [1.807, 2.05) is 55.5 Å². The highest BCUT2D eigenvalue weighted by Gasteiger charge is 2.43. The average molecular weight is 393 g/mol. The molecule has 2 aromatic carbocycles. The second-order valence-corrected chi connectivity index (χ2v) is 7.73. The van der Waals surface area contributed by atoms with E-state index < -0.39 is 17.7 Å². The molecule has 152 valence electrons. The van der Waals surface area contributed by atoms with Gasteiger partial charge in [-0.1, -0.05) is 50.6 Å². The molecular formula is C24H27NO4.